The minimum Gasteiger partial charge on any atom is -0.490 e. The van der Waals surface area contributed by atoms with Crippen molar-refractivity contribution in [3.05, 3.63) is 68.9 Å². The summed E-state index contributed by atoms with van der Waals surface area (Å²) < 4.78 is 16.4. The van der Waals surface area contributed by atoms with E-state index in [2.05, 4.69) is 38.0 Å². The molecule has 2 aliphatic rings. The first-order valence-corrected chi connectivity index (χ1v) is 14.1. The lowest BCUT2D eigenvalue weighted by Gasteiger charge is -2.34. The molecule has 0 spiro atoms. The number of rotatable bonds is 12. The van der Waals surface area contributed by atoms with Crippen LogP contribution in [-0.4, -0.2) is 92.9 Å². The fourth-order valence-electron chi connectivity index (χ4n) is 4.89. The Morgan fingerprint density at radius 2 is 1.95 bits per heavy atom. The molecule has 236 valence electrons. The van der Waals surface area contributed by atoms with Gasteiger partial charge in [-0.25, -0.2) is 9.59 Å². The Morgan fingerprint density at radius 3 is 2.64 bits per heavy atom. The molecule has 1 fully saturated rings. The number of nitro benzene ring substituents is 1. The van der Waals surface area contributed by atoms with Crippen molar-refractivity contribution in [2.45, 2.75) is 26.1 Å². The van der Waals surface area contributed by atoms with Crippen molar-refractivity contribution in [3.8, 4) is 11.5 Å². The summed E-state index contributed by atoms with van der Waals surface area (Å²) in [6.45, 7) is 6.85. The second-order valence-corrected chi connectivity index (χ2v) is 10.2. The highest BCUT2D eigenvalue weighted by Gasteiger charge is 2.32. The van der Waals surface area contributed by atoms with Crippen molar-refractivity contribution in [2.24, 2.45) is 5.10 Å². The number of piperazine rings is 1. The molecule has 44 heavy (non-hydrogen) atoms. The van der Waals surface area contributed by atoms with E-state index in [0.717, 1.165) is 31.9 Å². The number of nitro groups is 1. The van der Waals surface area contributed by atoms with Crippen LogP contribution in [0.15, 0.2) is 52.8 Å². The molecule has 2 aliphatic heterocycles. The second kappa shape index (κ2) is 14.5. The zero-order valence-electron chi connectivity index (χ0n) is 25.0. The van der Waals surface area contributed by atoms with Gasteiger partial charge in [0.25, 0.3) is 5.69 Å². The van der Waals surface area contributed by atoms with Gasteiger partial charge in [-0.3, -0.25) is 15.5 Å². The molecule has 4 rings (SSSR count). The monoisotopic (exact) mass is 611 g/mol. The summed E-state index contributed by atoms with van der Waals surface area (Å²) in [5.74, 6) is 0.0349. The van der Waals surface area contributed by atoms with Crippen LogP contribution in [0.3, 0.4) is 0 Å². The normalized spacial score (nSPS) is 18.0. The third kappa shape index (κ3) is 7.73. The highest BCUT2D eigenvalue weighted by molar-refractivity contribution is 5.95. The van der Waals surface area contributed by atoms with E-state index >= 15 is 0 Å². The standard InChI is InChI=1S/C29H37N7O8/c1-5-43-24-15-19(27-26(28(38)42-4)18(2)31-29(39)32-27)6-9-23(24)44-17-25(37)33-30-16-20-14-21(7-8-22(20)36(40)41)35-12-10-34(3)11-13-35/h6-9,14-16,25,27,33,37H,5,10-13,17H2,1-4H3,(H2,31,32,39)/b30-16-/t25-,27+/m0/s1. The molecule has 0 aliphatic carbocycles. The van der Waals surface area contributed by atoms with Crippen LogP contribution in [-0.2, 0) is 9.53 Å². The number of benzene rings is 2. The average molecular weight is 612 g/mol. The van der Waals surface area contributed by atoms with E-state index in [9.17, 15) is 24.8 Å². The molecule has 0 radical (unpaired) electrons. The van der Waals surface area contributed by atoms with E-state index in [0.29, 0.717) is 34.9 Å². The third-order valence-corrected chi connectivity index (χ3v) is 7.18. The largest absolute Gasteiger partial charge is 0.490 e. The SMILES string of the molecule is CCOc1cc([C@H]2NC(=O)NC(C)=C2C(=O)OC)ccc1OC[C@H](O)N/N=C\c1cc(N2CCN(C)CC2)ccc1[N+](=O)[O-]. The highest BCUT2D eigenvalue weighted by atomic mass is 16.6. The molecule has 4 N–H and O–H groups in total. The fourth-order valence-corrected chi connectivity index (χ4v) is 4.89. The first-order chi connectivity index (χ1) is 21.1. The smallest absolute Gasteiger partial charge is 0.337 e. The maximum absolute atomic E-state index is 12.4. The Labute approximate surface area is 254 Å². The van der Waals surface area contributed by atoms with Crippen molar-refractivity contribution in [1.82, 2.24) is 21.0 Å². The van der Waals surface area contributed by atoms with Crippen LogP contribution in [0.2, 0.25) is 0 Å². The fraction of sp³-hybridized carbons (Fsp3) is 0.414. The van der Waals surface area contributed by atoms with Gasteiger partial charge in [0.15, 0.2) is 17.7 Å². The molecule has 2 aromatic rings. The van der Waals surface area contributed by atoms with Crippen LogP contribution in [0.25, 0.3) is 0 Å². The van der Waals surface area contributed by atoms with E-state index in [-0.39, 0.29) is 17.9 Å². The van der Waals surface area contributed by atoms with Crippen LogP contribution in [0.1, 0.15) is 31.0 Å². The van der Waals surface area contributed by atoms with E-state index in [1.54, 1.807) is 44.2 Å². The number of nitrogens with zero attached hydrogens (tertiary/aromatic N) is 4. The number of ether oxygens (including phenoxy) is 3. The number of aliphatic hydroxyl groups excluding tert-OH is 1. The van der Waals surface area contributed by atoms with Gasteiger partial charge < -0.3 is 39.8 Å². The van der Waals surface area contributed by atoms with Gasteiger partial charge in [0.2, 0.25) is 0 Å². The second-order valence-electron chi connectivity index (χ2n) is 10.2. The minimum atomic E-state index is -1.26. The maximum Gasteiger partial charge on any atom is 0.337 e. The number of allylic oxidation sites excluding steroid dienone is 1. The van der Waals surface area contributed by atoms with Crippen LogP contribution in [0.4, 0.5) is 16.2 Å². The predicted octanol–water partition coefficient (Wildman–Crippen LogP) is 1.87. The van der Waals surface area contributed by atoms with Crippen molar-refractivity contribution in [3.63, 3.8) is 0 Å². The Hall–Kier alpha value is -4.89. The van der Waals surface area contributed by atoms with Crippen LogP contribution < -0.4 is 30.4 Å². The molecule has 1 saturated heterocycles. The van der Waals surface area contributed by atoms with Crippen LogP contribution in [0, 0.1) is 10.1 Å². The number of likely N-dealkylation sites (N-methyl/N-ethyl adjacent to an activating group) is 1. The summed E-state index contributed by atoms with van der Waals surface area (Å²) in [7, 11) is 3.31. The van der Waals surface area contributed by atoms with Gasteiger partial charge in [-0.1, -0.05) is 6.07 Å². The number of carbonyl (C=O) groups excluding carboxylic acids is 2. The molecule has 0 saturated carbocycles. The van der Waals surface area contributed by atoms with Crippen molar-refractivity contribution >= 4 is 29.6 Å². The summed E-state index contributed by atoms with van der Waals surface area (Å²) in [5.41, 5.74) is 4.74. The average Bonchev–Trinajstić information content (AvgIpc) is 3.00. The van der Waals surface area contributed by atoms with Crippen molar-refractivity contribution < 1.29 is 33.8 Å². The lowest BCUT2D eigenvalue weighted by atomic mass is 9.95. The van der Waals surface area contributed by atoms with Crippen molar-refractivity contribution in [2.75, 3.05) is 58.5 Å². The number of carbonyl (C=O) groups is 2. The topological polar surface area (TPSA) is 180 Å². The zero-order chi connectivity index (χ0) is 31.8. The minimum absolute atomic E-state index is 0.106. The lowest BCUT2D eigenvalue weighted by molar-refractivity contribution is -0.385. The van der Waals surface area contributed by atoms with E-state index < -0.39 is 29.2 Å². The number of amides is 2. The molecular weight excluding hydrogens is 574 g/mol. The Kier molecular flexibility index (Phi) is 10.6. The molecule has 15 heteroatoms. The van der Waals surface area contributed by atoms with Gasteiger partial charge in [-0.2, -0.15) is 5.10 Å². The zero-order valence-corrected chi connectivity index (χ0v) is 25.0. The summed E-state index contributed by atoms with van der Waals surface area (Å²) in [4.78, 5) is 40.1. The summed E-state index contributed by atoms with van der Waals surface area (Å²) in [6.07, 6.45) is 0.0313. The van der Waals surface area contributed by atoms with E-state index in [1.807, 2.05) is 0 Å². The number of hydrogen-bond acceptors (Lipinski definition) is 12. The number of methoxy groups -OCH3 is 1. The molecule has 2 amide bonds. The maximum atomic E-state index is 12.4. The first kappa shape index (κ1) is 32.0. The number of anilines is 1. The molecule has 2 heterocycles. The number of hydrogen-bond donors (Lipinski definition) is 4. The first-order valence-electron chi connectivity index (χ1n) is 14.1. The third-order valence-electron chi connectivity index (χ3n) is 7.18. The number of aliphatic hydroxyl groups is 1. The van der Waals surface area contributed by atoms with Gasteiger partial charge in [-0.15, -0.1) is 0 Å². The van der Waals surface area contributed by atoms with Gasteiger partial charge in [0.1, 0.15) is 6.61 Å². The van der Waals surface area contributed by atoms with Crippen LogP contribution >= 0.6 is 0 Å². The molecule has 0 aromatic heterocycles. The molecule has 2 atom stereocenters. The Balaban J connectivity index is 1.43. The van der Waals surface area contributed by atoms with Gasteiger partial charge >= 0.3 is 12.0 Å². The Morgan fingerprint density at radius 1 is 1.20 bits per heavy atom. The summed E-state index contributed by atoms with van der Waals surface area (Å²) in [6, 6.07) is 8.53. The molecule has 0 unspecified atom stereocenters. The van der Waals surface area contributed by atoms with E-state index in [4.69, 9.17) is 14.2 Å². The molecule has 2 aromatic carbocycles. The molecule has 15 nitrogen and oxygen atoms in total. The van der Waals surface area contributed by atoms with Crippen LogP contribution in [0.5, 0.6) is 11.5 Å². The Bertz CT molecular complexity index is 1440. The van der Waals surface area contributed by atoms with Gasteiger partial charge in [-0.05, 0) is 50.7 Å². The highest BCUT2D eigenvalue weighted by Crippen LogP contribution is 2.35. The van der Waals surface area contributed by atoms with Gasteiger partial charge in [0, 0.05) is 43.6 Å². The lowest BCUT2D eigenvalue weighted by Crippen LogP contribution is -2.45. The van der Waals surface area contributed by atoms with Crippen molar-refractivity contribution in [1.29, 1.82) is 0 Å². The summed E-state index contributed by atoms with van der Waals surface area (Å²) in [5, 5.41) is 31.4. The molecular formula is C29H37N7O8. The van der Waals surface area contributed by atoms with Gasteiger partial charge in [0.05, 0.1) is 42.0 Å². The number of esters is 1. The quantitative estimate of drug-likeness (QED) is 0.0905. The number of urea groups is 1. The van der Waals surface area contributed by atoms with E-state index in [1.165, 1.54) is 19.4 Å². The number of nitrogens with one attached hydrogen (secondary N) is 3. The predicted molar refractivity (Wildman–Crippen MR) is 162 cm³/mol. The number of hydrazone groups is 1. The molecule has 0 bridgehead atoms. The summed E-state index contributed by atoms with van der Waals surface area (Å²) >= 11 is 0.